The second-order valence-electron chi connectivity index (χ2n) is 12.8. The van der Waals surface area contributed by atoms with E-state index < -0.39 is 127 Å². The maximum atomic E-state index is 14.0. The standard InChI is InChI=1S/C33H38O20/c1-33(47,8-19(37)38)9-20(39)48-11-18-23(41)26(44)28(46)32(52-18)53-30-24(42)21-15(36)6-14(49-31-27(45)25(43)22(40)17(10-34)51-31)7-16(21)50-29(30)12-2-4-13(35)5-3-12/h2-7,17-18,22-23,25-28,31-32,34-36,40-41,43-47H,8-11H2,1H3,(H,37,38). The van der Waals surface area contributed by atoms with E-state index >= 15 is 0 Å². The number of aliphatic hydroxyl groups is 8. The fraction of sp³-hybridized carbons (Fsp3) is 0.485. The molecule has 2 aliphatic heterocycles. The third-order valence-electron chi connectivity index (χ3n) is 8.50. The minimum Gasteiger partial charge on any atom is -0.508 e. The number of hydrogen-bond donors (Lipinski definition) is 11. The fourth-order valence-electron chi connectivity index (χ4n) is 5.73. The van der Waals surface area contributed by atoms with Crippen LogP contribution in [0.4, 0.5) is 0 Å². The van der Waals surface area contributed by atoms with E-state index in [4.69, 9.17) is 33.2 Å². The lowest BCUT2D eigenvalue weighted by Crippen LogP contribution is -2.60. The molecule has 5 rings (SSSR count). The zero-order chi connectivity index (χ0) is 38.9. The third-order valence-corrected chi connectivity index (χ3v) is 8.50. The average molecular weight is 755 g/mol. The van der Waals surface area contributed by atoms with Crippen molar-refractivity contribution >= 4 is 22.9 Å². The Balaban J connectivity index is 1.46. The summed E-state index contributed by atoms with van der Waals surface area (Å²) in [5.41, 5.74) is -3.33. The molecule has 53 heavy (non-hydrogen) atoms. The molecule has 0 spiro atoms. The zero-order valence-corrected chi connectivity index (χ0v) is 27.7. The second-order valence-corrected chi connectivity index (χ2v) is 12.8. The average Bonchev–Trinajstić information content (AvgIpc) is 3.08. The van der Waals surface area contributed by atoms with E-state index in [1.807, 2.05) is 0 Å². The lowest BCUT2D eigenvalue weighted by molar-refractivity contribution is -0.278. The van der Waals surface area contributed by atoms with Crippen molar-refractivity contribution in [3.63, 3.8) is 0 Å². The van der Waals surface area contributed by atoms with Gasteiger partial charge in [0.15, 0.2) is 5.76 Å². The highest BCUT2D eigenvalue weighted by Crippen LogP contribution is 2.38. The van der Waals surface area contributed by atoms with Gasteiger partial charge in [-0.2, -0.15) is 0 Å². The van der Waals surface area contributed by atoms with Crippen LogP contribution in [0.3, 0.4) is 0 Å². The van der Waals surface area contributed by atoms with Gasteiger partial charge in [-0.25, -0.2) is 0 Å². The maximum absolute atomic E-state index is 14.0. The van der Waals surface area contributed by atoms with Crippen molar-refractivity contribution in [2.24, 2.45) is 0 Å². The molecule has 20 heteroatoms. The van der Waals surface area contributed by atoms with Crippen LogP contribution in [0.2, 0.25) is 0 Å². The highest BCUT2D eigenvalue weighted by atomic mass is 16.7. The summed E-state index contributed by atoms with van der Waals surface area (Å²) in [5, 5.41) is 111. The largest absolute Gasteiger partial charge is 0.508 e. The molecule has 0 bridgehead atoms. The highest BCUT2D eigenvalue weighted by Gasteiger charge is 2.47. The Bertz CT molecular complexity index is 1840. The number of phenolic OH excluding ortho intramolecular Hbond substituents is 2. The summed E-state index contributed by atoms with van der Waals surface area (Å²) in [6.07, 6.45) is -19.4. The van der Waals surface area contributed by atoms with Crippen LogP contribution in [-0.2, 0) is 23.8 Å². The van der Waals surface area contributed by atoms with Crippen molar-refractivity contribution in [2.75, 3.05) is 13.2 Å². The van der Waals surface area contributed by atoms with E-state index in [1.165, 1.54) is 24.3 Å². The fourth-order valence-corrected chi connectivity index (χ4v) is 5.73. The first-order valence-electron chi connectivity index (χ1n) is 16.0. The summed E-state index contributed by atoms with van der Waals surface area (Å²) in [7, 11) is 0. The number of esters is 1. The molecule has 3 aromatic rings. The van der Waals surface area contributed by atoms with Gasteiger partial charge in [-0.3, -0.25) is 14.4 Å². The van der Waals surface area contributed by atoms with Crippen LogP contribution >= 0.6 is 0 Å². The normalized spacial score (nSPS) is 30.0. The maximum Gasteiger partial charge on any atom is 0.308 e. The van der Waals surface area contributed by atoms with Crippen LogP contribution < -0.4 is 14.9 Å². The summed E-state index contributed by atoms with van der Waals surface area (Å²) in [6.45, 7) is -0.451. The molecule has 0 amide bonds. The number of aromatic hydroxyl groups is 2. The molecule has 20 nitrogen and oxygen atoms in total. The first-order chi connectivity index (χ1) is 24.9. The van der Waals surface area contributed by atoms with Crippen LogP contribution in [0, 0.1) is 0 Å². The van der Waals surface area contributed by atoms with Gasteiger partial charge in [0.1, 0.15) is 83.7 Å². The van der Waals surface area contributed by atoms with Gasteiger partial charge in [0.2, 0.25) is 23.8 Å². The Morgan fingerprint density at radius 1 is 0.811 bits per heavy atom. The van der Waals surface area contributed by atoms with Gasteiger partial charge >= 0.3 is 11.9 Å². The Morgan fingerprint density at radius 2 is 1.40 bits per heavy atom. The van der Waals surface area contributed by atoms with E-state index in [-0.39, 0.29) is 28.4 Å². The number of ether oxygens (including phenoxy) is 5. The van der Waals surface area contributed by atoms with Crippen molar-refractivity contribution in [3.05, 3.63) is 46.6 Å². The highest BCUT2D eigenvalue weighted by molar-refractivity contribution is 5.88. The smallest absolute Gasteiger partial charge is 0.308 e. The predicted octanol–water partition coefficient (Wildman–Crippen LogP) is -2.60. The number of fused-ring (bicyclic) bond motifs is 1. The third kappa shape index (κ3) is 8.63. The summed E-state index contributed by atoms with van der Waals surface area (Å²) in [4.78, 5) is 37.3. The molecular formula is C33H38O20. The molecule has 2 aliphatic rings. The molecule has 2 fully saturated rings. The van der Waals surface area contributed by atoms with Crippen molar-refractivity contribution in [2.45, 2.75) is 86.8 Å². The van der Waals surface area contributed by atoms with Gasteiger partial charge < -0.3 is 84.3 Å². The molecule has 0 radical (unpaired) electrons. The molecule has 11 atom stereocenters. The minimum atomic E-state index is -2.04. The molecule has 0 saturated carbocycles. The van der Waals surface area contributed by atoms with Crippen LogP contribution in [0.5, 0.6) is 23.0 Å². The number of phenols is 2. The molecule has 3 heterocycles. The van der Waals surface area contributed by atoms with Crippen LogP contribution in [0.25, 0.3) is 22.3 Å². The van der Waals surface area contributed by atoms with E-state index in [9.17, 15) is 65.4 Å². The van der Waals surface area contributed by atoms with Gasteiger partial charge in [-0.15, -0.1) is 0 Å². The lowest BCUT2D eigenvalue weighted by atomic mass is 9.98. The Kier molecular flexibility index (Phi) is 11.8. The number of hydrogen-bond acceptors (Lipinski definition) is 19. The first-order valence-corrected chi connectivity index (χ1v) is 16.0. The zero-order valence-electron chi connectivity index (χ0n) is 27.7. The molecule has 11 unspecified atom stereocenters. The summed E-state index contributed by atoms with van der Waals surface area (Å²) < 4.78 is 33.2. The first kappa shape index (κ1) is 39.6. The predicted molar refractivity (Wildman–Crippen MR) is 171 cm³/mol. The molecule has 11 N–H and O–H groups in total. The molecule has 290 valence electrons. The van der Waals surface area contributed by atoms with Crippen LogP contribution in [-0.4, -0.2) is 148 Å². The quantitative estimate of drug-likeness (QED) is 0.0844. The van der Waals surface area contributed by atoms with Crippen molar-refractivity contribution in [1.29, 1.82) is 0 Å². The summed E-state index contributed by atoms with van der Waals surface area (Å²) in [5.74, 6) is -4.82. The number of benzene rings is 2. The number of carbonyl (C=O) groups is 2. The topological polar surface area (TPSA) is 333 Å². The van der Waals surface area contributed by atoms with E-state index in [2.05, 4.69) is 0 Å². The lowest BCUT2D eigenvalue weighted by Gasteiger charge is -2.40. The van der Waals surface area contributed by atoms with Gasteiger partial charge in [0, 0.05) is 17.7 Å². The number of aliphatic carboxylic acids is 1. The summed E-state index contributed by atoms with van der Waals surface area (Å²) in [6, 6.07) is 7.07. The van der Waals surface area contributed by atoms with Crippen molar-refractivity contribution in [3.8, 4) is 34.3 Å². The SMILES string of the molecule is CC(O)(CC(=O)O)CC(=O)OCC1OC(Oc2c(-c3ccc(O)cc3)oc3cc(OC4OC(CO)C(O)C(O)C4O)cc(O)c3c2=O)C(O)C(O)C1O. The van der Waals surface area contributed by atoms with E-state index in [0.29, 0.717) is 0 Å². The molecule has 1 aromatic heterocycles. The number of carbonyl (C=O) groups excluding carboxylic acids is 1. The number of aliphatic hydroxyl groups excluding tert-OH is 7. The molecule has 0 aliphatic carbocycles. The van der Waals surface area contributed by atoms with Gasteiger partial charge in [-0.1, -0.05) is 0 Å². The Hall–Kier alpha value is -4.61. The summed E-state index contributed by atoms with van der Waals surface area (Å²) >= 11 is 0. The van der Waals surface area contributed by atoms with Crippen molar-refractivity contribution in [1.82, 2.24) is 0 Å². The Labute approximate surface area is 297 Å². The number of carboxylic acid groups (broad SMARTS) is 1. The molecule has 2 aromatic carbocycles. The van der Waals surface area contributed by atoms with Gasteiger partial charge in [0.25, 0.3) is 0 Å². The second kappa shape index (κ2) is 15.8. The number of carboxylic acids is 1. The minimum absolute atomic E-state index is 0.0846. The van der Waals surface area contributed by atoms with Gasteiger partial charge in [-0.05, 0) is 31.2 Å². The monoisotopic (exact) mass is 754 g/mol. The Morgan fingerprint density at radius 3 is 2.00 bits per heavy atom. The van der Waals surface area contributed by atoms with Gasteiger partial charge in [0.05, 0.1) is 25.0 Å². The van der Waals surface area contributed by atoms with E-state index in [0.717, 1.165) is 19.1 Å². The van der Waals surface area contributed by atoms with Crippen LogP contribution in [0.1, 0.15) is 19.8 Å². The van der Waals surface area contributed by atoms with Crippen molar-refractivity contribution < 1.29 is 93.9 Å². The number of rotatable bonds is 12. The van der Waals surface area contributed by atoms with Crippen LogP contribution in [0.15, 0.2) is 45.6 Å². The molecule has 2 saturated heterocycles. The molecular weight excluding hydrogens is 716 g/mol. The van der Waals surface area contributed by atoms with E-state index in [1.54, 1.807) is 0 Å².